The number of halogens is 1. The van der Waals surface area contributed by atoms with E-state index in [1.54, 1.807) is 24.3 Å². The summed E-state index contributed by atoms with van der Waals surface area (Å²) in [4.78, 5) is 32.0. The van der Waals surface area contributed by atoms with Crippen molar-refractivity contribution in [3.8, 4) is 11.6 Å². The van der Waals surface area contributed by atoms with Crippen molar-refractivity contribution < 1.29 is 5.11 Å². The first-order chi connectivity index (χ1) is 14.9. The van der Waals surface area contributed by atoms with Crippen LogP contribution in [0, 0.1) is 0 Å². The molecule has 158 valence electrons. The van der Waals surface area contributed by atoms with Crippen LogP contribution in [0.2, 0.25) is 5.02 Å². The van der Waals surface area contributed by atoms with Gasteiger partial charge in [0.2, 0.25) is 5.88 Å². The van der Waals surface area contributed by atoms with Crippen LogP contribution in [0.25, 0.3) is 16.6 Å². The van der Waals surface area contributed by atoms with Crippen LogP contribution in [0.3, 0.4) is 0 Å². The van der Waals surface area contributed by atoms with Gasteiger partial charge in [0.1, 0.15) is 5.56 Å². The second-order valence-corrected chi connectivity index (χ2v) is 8.33. The highest BCUT2D eigenvalue weighted by atomic mass is 35.5. The Hall–Kier alpha value is -3.29. The molecular weight excluding hydrogens is 416 g/mol. The van der Waals surface area contributed by atoms with Gasteiger partial charge in [0.25, 0.3) is 5.56 Å². The van der Waals surface area contributed by atoms with E-state index in [0.29, 0.717) is 17.3 Å². The van der Waals surface area contributed by atoms with Crippen molar-refractivity contribution in [2.75, 3.05) is 13.6 Å². The Kier molecular flexibility index (Phi) is 4.53. The Morgan fingerprint density at radius 2 is 1.77 bits per heavy atom. The average Bonchev–Trinajstić information content (AvgIpc) is 3.14. The minimum atomic E-state index is -0.621. The van der Waals surface area contributed by atoms with E-state index in [2.05, 4.69) is 11.1 Å². The van der Waals surface area contributed by atoms with Crippen LogP contribution in [0.4, 0.5) is 0 Å². The minimum absolute atomic E-state index is 0.159. The number of aromatic amines is 1. The summed E-state index contributed by atoms with van der Waals surface area (Å²) < 4.78 is 2.19. The monoisotopic (exact) mass is 436 g/mol. The average molecular weight is 437 g/mol. The molecule has 2 N–H and O–H groups in total. The molecule has 0 saturated heterocycles. The Labute approximate surface area is 182 Å². The van der Waals surface area contributed by atoms with Gasteiger partial charge in [-0.25, -0.2) is 9.36 Å². The van der Waals surface area contributed by atoms with Gasteiger partial charge in [-0.15, -0.1) is 0 Å². The van der Waals surface area contributed by atoms with E-state index < -0.39 is 17.3 Å². The van der Waals surface area contributed by atoms with Gasteiger partial charge in [-0.1, -0.05) is 29.8 Å². The van der Waals surface area contributed by atoms with Crippen molar-refractivity contribution in [2.24, 2.45) is 7.05 Å². The van der Waals surface area contributed by atoms with Gasteiger partial charge in [-0.05, 0) is 49.4 Å². The zero-order valence-electron chi connectivity index (χ0n) is 17.1. The van der Waals surface area contributed by atoms with Crippen molar-refractivity contribution in [2.45, 2.75) is 12.5 Å². The summed E-state index contributed by atoms with van der Waals surface area (Å²) in [6.45, 7) is 0.710. The minimum Gasteiger partial charge on any atom is -0.494 e. The van der Waals surface area contributed by atoms with Crippen molar-refractivity contribution in [3.63, 3.8) is 0 Å². The molecule has 2 aromatic carbocycles. The predicted octanol–water partition coefficient (Wildman–Crippen LogP) is 2.95. The predicted molar refractivity (Wildman–Crippen MR) is 120 cm³/mol. The lowest BCUT2D eigenvalue weighted by Crippen LogP contribution is -2.43. The molecule has 1 aliphatic heterocycles. The molecule has 31 heavy (non-hydrogen) atoms. The van der Waals surface area contributed by atoms with Gasteiger partial charge in [-0.3, -0.25) is 14.3 Å². The fourth-order valence-electron chi connectivity index (χ4n) is 4.51. The molecule has 0 fully saturated rings. The zero-order valence-corrected chi connectivity index (χ0v) is 17.8. The molecule has 0 radical (unpaired) electrons. The quantitative estimate of drug-likeness (QED) is 0.506. The first-order valence-corrected chi connectivity index (χ1v) is 10.4. The fourth-order valence-corrected chi connectivity index (χ4v) is 4.63. The molecule has 5 rings (SSSR count). The van der Waals surface area contributed by atoms with Crippen molar-refractivity contribution >= 4 is 22.5 Å². The lowest BCUT2D eigenvalue weighted by atomic mass is 9.93. The van der Waals surface area contributed by atoms with Gasteiger partial charge < -0.3 is 10.1 Å². The maximum Gasteiger partial charge on any atom is 0.338 e. The number of aromatic hydroxyl groups is 1. The highest BCUT2D eigenvalue weighted by Gasteiger charge is 2.35. The van der Waals surface area contributed by atoms with E-state index in [1.165, 1.54) is 7.05 Å². The van der Waals surface area contributed by atoms with Crippen LogP contribution in [0.1, 0.15) is 22.9 Å². The smallest absolute Gasteiger partial charge is 0.338 e. The standard InChI is InChI=1S/C23H21ClN4O3/c1-26-12-11-16-15-5-3-4-6-17(15)25-19(16)20(26)18-21(29)27(2)23(31)28(22(18)30)14-9-7-13(24)8-10-14/h3-10,20,25,29H,11-12H2,1-2H3/t20-/m0/s1. The third-order valence-electron chi connectivity index (χ3n) is 6.10. The van der Waals surface area contributed by atoms with Crippen LogP contribution in [0.5, 0.6) is 5.88 Å². The number of H-pyrrole nitrogens is 1. The summed E-state index contributed by atoms with van der Waals surface area (Å²) in [5.74, 6) is -0.330. The van der Waals surface area contributed by atoms with Crippen molar-refractivity contribution in [3.05, 3.63) is 91.2 Å². The fraction of sp³-hybridized carbons (Fsp3) is 0.217. The molecule has 8 heteroatoms. The highest BCUT2D eigenvalue weighted by molar-refractivity contribution is 6.30. The number of likely N-dealkylation sites (N-methyl/N-ethyl adjacent to an activating group) is 1. The summed E-state index contributed by atoms with van der Waals surface area (Å²) in [6.07, 6.45) is 0.824. The first-order valence-electron chi connectivity index (χ1n) is 9.99. The van der Waals surface area contributed by atoms with Crippen LogP contribution < -0.4 is 11.2 Å². The Bertz CT molecular complexity index is 1430. The number of fused-ring (bicyclic) bond motifs is 3. The molecule has 4 aromatic rings. The number of aromatic nitrogens is 3. The largest absolute Gasteiger partial charge is 0.494 e. The molecular formula is C23H21ClN4O3. The normalized spacial score (nSPS) is 16.5. The number of hydrogen-bond donors (Lipinski definition) is 2. The molecule has 0 unspecified atom stereocenters. The lowest BCUT2D eigenvalue weighted by Gasteiger charge is -2.33. The van der Waals surface area contributed by atoms with Crippen molar-refractivity contribution in [1.82, 2.24) is 19.0 Å². The van der Waals surface area contributed by atoms with Gasteiger partial charge in [-0.2, -0.15) is 0 Å². The Morgan fingerprint density at radius 3 is 2.52 bits per heavy atom. The molecule has 0 aliphatic carbocycles. The maximum absolute atomic E-state index is 13.6. The molecule has 1 atom stereocenters. The number of benzene rings is 2. The van der Waals surface area contributed by atoms with E-state index >= 15 is 0 Å². The van der Waals surface area contributed by atoms with E-state index in [4.69, 9.17) is 11.6 Å². The highest BCUT2D eigenvalue weighted by Crippen LogP contribution is 2.38. The third kappa shape index (κ3) is 2.92. The number of para-hydroxylation sites is 1. The van der Waals surface area contributed by atoms with Crippen LogP contribution in [0.15, 0.2) is 58.1 Å². The summed E-state index contributed by atoms with van der Waals surface area (Å²) in [6, 6.07) is 14.0. The molecule has 0 saturated carbocycles. The second-order valence-electron chi connectivity index (χ2n) is 7.89. The molecule has 1 aliphatic rings. The van der Waals surface area contributed by atoms with E-state index in [9.17, 15) is 14.7 Å². The van der Waals surface area contributed by atoms with Crippen LogP contribution in [-0.2, 0) is 13.5 Å². The second kappa shape index (κ2) is 7.14. The van der Waals surface area contributed by atoms with Gasteiger partial charge >= 0.3 is 5.69 Å². The first kappa shape index (κ1) is 19.7. The SMILES string of the molecule is CN1CCc2c([nH]c3ccccc23)[C@@H]1c1c(O)n(C)c(=O)n(-c2ccc(Cl)cc2)c1=O. The number of nitrogens with zero attached hydrogens (tertiary/aromatic N) is 3. The maximum atomic E-state index is 13.6. The molecule has 2 aromatic heterocycles. The molecule has 0 bridgehead atoms. The van der Waals surface area contributed by atoms with Crippen LogP contribution in [-0.4, -0.2) is 37.7 Å². The Morgan fingerprint density at radius 1 is 1.06 bits per heavy atom. The molecule has 0 spiro atoms. The van der Waals surface area contributed by atoms with E-state index in [-0.39, 0.29) is 11.4 Å². The number of hydrogen-bond acceptors (Lipinski definition) is 4. The molecule has 3 heterocycles. The van der Waals surface area contributed by atoms with Gasteiger partial charge in [0.05, 0.1) is 11.7 Å². The number of rotatable bonds is 2. The summed E-state index contributed by atoms with van der Waals surface area (Å²) in [7, 11) is 3.37. The van der Waals surface area contributed by atoms with Crippen molar-refractivity contribution in [1.29, 1.82) is 0 Å². The lowest BCUT2D eigenvalue weighted by molar-refractivity contribution is 0.250. The summed E-state index contributed by atoms with van der Waals surface area (Å²) >= 11 is 5.98. The van der Waals surface area contributed by atoms with E-state index in [1.807, 2.05) is 30.1 Å². The van der Waals surface area contributed by atoms with Crippen LogP contribution >= 0.6 is 11.6 Å². The summed E-state index contributed by atoms with van der Waals surface area (Å²) in [5, 5.41) is 12.5. The Balaban J connectivity index is 1.81. The molecule has 0 amide bonds. The number of nitrogens with one attached hydrogen (secondary N) is 1. The van der Waals surface area contributed by atoms with Gasteiger partial charge in [0, 0.05) is 35.2 Å². The van der Waals surface area contributed by atoms with E-state index in [0.717, 1.165) is 37.7 Å². The summed E-state index contributed by atoms with van der Waals surface area (Å²) in [5.41, 5.74) is 2.36. The third-order valence-corrected chi connectivity index (χ3v) is 6.36. The zero-order chi connectivity index (χ0) is 21.9. The molecule has 7 nitrogen and oxygen atoms in total. The topological polar surface area (TPSA) is 83.3 Å². The van der Waals surface area contributed by atoms with Gasteiger partial charge in [0.15, 0.2) is 0 Å².